The first-order chi connectivity index (χ1) is 6.09. The molecule has 1 rings (SSSR count). The molecular formula is C8H9FN2OS. The Labute approximate surface area is 79.3 Å². The third-order valence-corrected chi connectivity index (χ3v) is 2.37. The van der Waals surface area contributed by atoms with Crippen LogP contribution >= 0.6 is 11.8 Å². The van der Waals surface area contributed by atoms with E-state index >= 15 is 0 Å². The molecule has 1 amide bonds. The Morgan fingerprint density at radius 1 is 1.54 bits per heavy atom. The first kappa shape index (κ1) is 9.85. The van der Waals surface area contributed by atoms with E-state index in [9.17, 15) is 9.18 Å². The highest BCUT2D eigenvalue weighted by Gasteiger charge is 2.01. The fourth-order valence-electron chi connectivity index (χ4n) is 0.752. The van der Waals surface area contributed by atoms with Crippen LogP contribution in [0.4, 0.5) is 10.1 Å². The molecule has 0 saturated carbocycles. The number of nitrogens with two attached hydrogens (primary N) is 2. The molecule has 0 atom stereocenters. The number of hydrogen-bond donors (Lipinski definition) is 2. The average Bonchev–Trinajstić information content (AvgIpc) is 2.07. The van der Waals surface area contributed by atoms with Crippen molar-refractivity contribution in [2.24, 2.45) is 5.73 Å². The summed E-state index contributed by atoms with van der Waals surface area (Å²) < 4.78 is 12.8. The summed E-state index contributed by atoms with van der Waals surface area (Å²) in [5.41, 5.74) is 10.3. The number of halogens is 1. The van der Waals surface area contributed by atoms with E-state index in [-0.39, 0.29) is 11.4 Å². The molecule has 0 unspecified atom stereocenters. The Balaban J connectivity index is 2.68. The van der Waals surface area contributed by atoms with Gasteiger partial charge in [-0.05, 0) is 18.2 Å². The zero-order chi connectivity index (χ0) is 9.84. The number of carbonyl (C=O) groups excluding carboxylic acids is 1. The van der Waals surface area contributed by atoms with Crippen molar-refractivity contribution in [2.75, 3.05) is 11.5 Å². The summed E-state index contributed by atoms with van der Waals surface area (Å²) in [6.45, 7) is 0. The maximum absolute atomic E-state index is 12.8. The Hall–Kier alpha value is -1.23. The van der Waals surface area contributed by atoms with Crippen LogP contribution < -0.4 is 11.5 Å². The van der Waals surface area contributed by atoms with Gasteiger partial charge in [-0.2, -0.15) is 0 Å². The van der Waals surface area contributed by atoms with Gasteiger partial charge in [0, 0.05) is 4.90 Å². The number of primary amides is 1. The molecule has 0 aliphatic rings. The molecule has 0 heterocycles. The van der Waals surface area contributed by atoms with Crippen molar-refractivity contribution in [3.05, 3.63) is 24.0 Å². The molecule has 13 heavy (non-hydrogen) atoms. The van der Waals surface area contributed by atoms with Gasteiger partial charge in [0.25, 0.3) is 0 Å². The summed E-state index contributed by atoms with van der Waals surface area (Å²) in [7, 11) is 0. The molecule has 1 aromatic rings. The van der Waals surface area contributed by atoms with Crippen molar-refractivity contribution in [1.29, 1.82) is 0 Å². The zero-order valence-corrected chi connectivity index (χ0v) is 7.60. The van der Waals surface area contributed by atoms with E-state index in [1.165, 1.54) is 23.9 Å². The molecule has 0 spiro atoms. The van der Waals surface area contributed by atoms with E-state index in [0.717, 1.165) is 0 Å². The highest BCUT2D eigenvalue weighted by atomic mass is 32.2. The minimum absolute atomic E-state index is 0.100. The van der Waals surface area contributed by atoms with Crippen molar-refractivity contribution in [3.63, 3.8) is 0 Å². The summed E-state index contributed by atoms with van der Waals surface area (Å²) in [6.07, 6.45) is 0. The van der Waals surface area contributed by atoms with Crippen LogP contribution in [0.2, 0.25) is 0 Å². The lowest BCUT2D eigenvalue weighted by molar-refractivity contribution is -0.115. The number of nitrogen functional groups attached to an aromatic ring is 1. The van der Waals surface area contributed by atoms with Crippen LogP contribution in [-0.4, -0.2) is 11.7 Å². The molecular weight excluding hydrogens is 191 g/mol. The second-order valence-corrected chi connectivity index (χ2v) is 3.49. The Kier molecular flexibility index (Phi) is 3.13. The predicted octanol–water partition coefficient (Wildman–Crippen LogP) is 0.985. The van der Waals surface area contributed by atoms with Gasteiger partial charge < -0.3 is 11.5 Å². The molecule has 5 heteroatoms. The lowest BCUT2D eigenvalue weighted by Gasteiger charge is -2.00. The number of rotatable bonds is 3. The Morgan fingerprint density at radius 3 is 2.77 bits per heavy atom. The van der Waals surface area contributed by atoms with Crippen LogP contribution in [0, 0.1) is 5.82 Å². The number of thioether (sulfide) groups is 1. The maximum Gasteiger partial charge on any atom is 0.227 e. The minimum atomic E-state index is -0.477. The summed E-state index contributed by atoms with van der Waals surface area (Å²) in [6, 6.07) is 4.38. The van der Waals surface area contributed by atoms with E-state index in [1.54, 1.807) is 6.07 Å². The highest BCUT2D eigenvalue weighted by Crippen LogP contribution is 2.21. The van der Waals surface area contributed by atoms with Gasteiger partial charge in [0.1, 0.15) is 5.82 Å². The number of benzene rings is 1. The second kappa shape index (κ2) is 4.13. The first-order valence-electron chi connectivity index (χ1n) is 3.55. The van der Waals surface area contributed by atoms with Crippen LogP contribution in [-0.2, 0) is 4.79 Å². The van der Waals surface area contributed by atoms with E-state index in [2.05, 4.69) is 0 Å². The summed E-state index contributed by atoms with van der Waals surface area (Å²) in [5, 5.41) is 0. The van der Waals surface area contributed by atoms with Gasteiger partial charge in [-0.15, -0.1) is 11.8 Å². The van der Waals surface area contributed by atoms with Crippen LogP contribution in [0.3, 0.4) is 0 Å². The summed E-state index contributed by atoms with van der Waals surface area (Å²) in [5.74, 6) is -0.764. The van der Waals surface area contributed by atoms with Gasteiger partial charge >= 0.3 is 0 Å². The van der Waals surface area contributed by atoms with Gasteiger partial charge in [0.05, 0.1) is 11.4 Å². The molecule has 0 radical (unpaired) electrons. The molecule has 0 aliphatic heterocycles. The SMILES string of the molecule is NC(=O)CSc1ccc(N)c(F)c1. The fourth-order valence-corrected chi connectivity index (χ4v) is 1.41. The fraction of sp³-hybridized carbons (Fsp3) is 0.125. The van der Waals surface area contributed by atoms with E-state index in [4.69, 9.17) is 11.5 Å². The maximum atomic E-state index is 12.8. The normalized spacial score (nSPS) is 9.92. The molecule has 0 saturated heterocycles. The number of anilines is 1. The van der Waals surface area contributed by atoms with Gasteiger partial charge in [0.15, 0.2) is 0 Å². The molecule has 3 nitrogen and oxygen atoms in total. The summed E-state index contributed by atoms with van der Waals surface area (Å²) >= 11 is 1.18. The minimum Gasteiger partial charge on any atom is -0.396 e. The van der Waals surface area contributed by atoms with Crippen molar-refractivity contribution in [3.8, 4) is 0 Å². The molecule has 0 aliphatic carbocycles. The van der Waals surface area contributed by atoms with Crippen molar-refractivity contribution in [2.45, 2.75) is 4.90 Å². The largest absolute Gasteiger partial charge is 0.396 e. The smallest absolute Gasteiger partial charge is 0.227 e. The third-order valence-electron chi connectivity index (χ3n) is 1.35. The second-order valence-electron chi connectivity index (χ2n) is 2.44. The molecule has 4 N–H and O–H groups in total. The van der Waals surface area contributed by atoms with Gasteiger partial charge in [-0.25, -0.2) is 4.39 Å². The lowest BCUT2D eigenvalue weighted by Crippen LogP contribution is -2.12. The van der Waals surface area contributed by atoms with E-state index in [0.29, 0.717) is 4.90 Å². The predicted molar refractivity (Wildman–Crippen MR) is 50.7 cm³/mol. The van der Waals surface area contributed by atoms with Gasteiger partial charge in [-0.1, -0.05) is 0 Å². The highest BCUT2D eigenvalue weighted by molar-refractivity contribution is 8.00. The molecule has 0 fully saturated rings. The van der Waals surface area contributed by atoms with Crippen LogP contribution in [0.1, 0.15) is 0 Å². The third kappa shape index (κ3) is 2.95. The van der Waals surface area contributed by atoms with Crippen LogP contribution in [0.25, 0.3) is 0 Å². The molecule has 70 valence electrons. The van der Waals surface area contributed by atoms with Crippen LogP contribution in [0.15, 0.2) is 23.1 Å². The van der Waals surface area contributed by atoms with Gasteiger partial charge in [0.2, 0.25) is 5.91 Å². The van der Waals surface area contributed by atoms with Crippen LogP contribution in [0.5, 0.6) is 0 Å². The van der Waals surface area contributed by atoms with E-state index < -0.39 is 11.7 Å². The Bertz CT molecular complexity index is 330. The summed E-state index contributed by atoms with van der Waals surface area (Å²) in [4.78, 5) is 11.1. The first-order valence-corrected chi connectivity index (χ1v) is 4.54. The lowest BCUT2D eigenvalue weighted by atomic mass is 10.3. The topological polar surface area (TPSA) is 69.1 Å². The van der Waals surface area contributed by atoms with Crippen molar-refractivity contribution < 1.29 is 9.18 Å². The molecule has 0 aromatic heterocycles. The monoisotopic (exact) mass is 200 g/mol. The van der Waals surface area contributed by atoms with Crippen molar-refractivity contribution >= 4 is 23.4 Å². The number of carbonyl (C=O) groups is 1. The standard InChI is InChI=1S/C8H9FN2OS/c9-6-3-5(1-2-7(6)10)13-4-8(11)12/h1-3H,4,10H2,(H2,11,12). The zero-order valence-electron chi connectivity index (χ0n) is 6.79. The van der Waals surface area contributed by atoms with Crippen molar-refractivity contribution in [1.82, 2.24) is 0 Å². The van der Waals surface area contributed by atoms with E-state index in [1.807, 2.05) is 0 Å². The number of amides is 1. The average molecular weight is 200 g/mol. The van der Waals surface area contributed by atoms with Gasteiger partial charge in [-0.3, -0.25) is 4.79 Å². The Morgan fingerprint density at radius 2 is 2.23 bits per heavy atom. The quantitative estimate of drug-likeness (QED) is 0.564. The number of hydrogen-bond acceptors (Lipinski definition) is 3. The molecule has 1 aromatic carbocycles. The molecule has 0 bridgehead atoms.